The molecule has 4 aromatic heterocycles. The lowest BCUT2D eigenvalue weighted by Gasteiger charge is -2.31. The van der Waals surface area contributed by atoms with Gasteiger partial charge < -0.3 is 19.6 Å². The highest BCUT2D eigenvalue weighted by atomic mass is 16.2. The summed E-state index contributed by atoms with van der Waals surface area (Å²) in [6.45, 7) is 3.18. The Kier molecular flexibility index (Phi) is 3.96. The number of amides is 1. The maximum atomic E-state index is 11.5. The van der Waals surface area contributed by atoms with Crippen LogP contribution in [0, 0.1) is 0 Å². The van der Waals surface area contributed by atoms with E-state index < -0.39 is 0 Å². The molecule has 0 atom stereocenters. The summed E-state index contributed by atoms with van der Waals surface area (Å²) < 4.78 is 2.00. The van der Waals surface area contributed by atoms with Gasteiger partial charge in [-0.2, -0.15) is 4.98 Å². The number of pyridine rings is 1. The number of imidazole rings is 1. The normalized spacial score (nSPS) is 15.4. The molecule has 1 aliphatic heterocycles. The number of nitrogens with one attached hydrogen (secondary N) is 2. The minimum Gasteiger partial charge on any atom is -0.351 e. The van der Waals surface area contributed by atoms with Gasteiger partial charge in [-0.05, 0) is 25.0 Å². The highest BCUT2D eigenvalue weighted by Gasteiger charge is 2.21. The van der Waals surface area contributed by atoms with Crippen molar-refractivity contribution >= 4 is 28.5 Å². The van der Waals surface area contributed by atoms with Gasteiger partial charge in [0.05, 0.1) is 0 Å². The average molecular weight is 375 g/mol. The molecule has 1 saturated heterocycles. The fourth-order valence-electron chi connectivity index (χ4n) is 3.82. The summed E-state index contributed by atoms with van der Waals surface area (Å²) in [4.78, 5) is 30.1. The lowest BCUT2D eigenvalue weighted by Crippen LogP contribution is -2.41. The summed E-state index contributed by atoms with van der Waals surface area (Å²) >= 11 is 0. The van der Waals surface area contributed by atoms with Crippen molar-refractivity contribution in [1.29, 1.82) is 0 Å². The quantitative estimate of drug-likeness (QED) is 0.574. The molecular formula is C20H21N7O. The summed E-state index contributed by atoms with van der Waals surface area (Å²) in [6, 6.07) is 4.34. The van der Waals surface area contributed by atoms with Crippen molar-refractivity contribution in [2.75, 3.05) is 18.4 Å². The Morgan fingerprint density at radius 1 is 1.25 bits per heavy atom. The first kappa shape index (κ1) is 16.7. The lowest BCUT2D eigenvalue weighted by atomic mass is 10.1. The Labute approximate surface area is 161 Å². The number of carbonyl (C=O) groups excluding carboxylic acids is 1. The highest BCUT2D eigenvalue weighted by molar-refractivity contribution is 5.93. The largest absolute Gasteiger partial charge is 0.351 e. The third kappa shape index (κ3) is 2.96. The number of anilines is 1. The van der Waals surface area contributed by atoms with Crippen molar-refractivity contribution in [2.24, 2.45) is 0 Å². The first-order valence-corrected chi connectivity index (χ1v) is 9.46. The number of rotatable bonds is 3. The van der Waals surface area contributed by atoms with Crippen LogP contribution >= 0.6 is 0 Å². The molecule has 5 heterocycles. The molecule has 0 saturated carbocycles. The van der Waals surface area contributed by atoms with Gasteiger partial charge in [-0.25, -0.2) is 9.97 Å². The fourth-order valence-corrected chi connectivity index (χ4v) is 3.82. The average Bonchev–Trinajstić information content (AvgIpc) is 3.34. The Morgan fingerprint density at radius 2 is 2.11 bits per heavy atom. The van der Waals surface area contributed by atoms with Gasteiger partial charge in [-0.3, -0.25) is 4.79 Å². The molecule has 8 nitrogen and oxygen atoms in total. The highest BCUT2D eigenvalue weighted by Crippen LogP contribution is 2.28. The molecule has 28 heavy (non-hydrogen) atoms. The minimum atomic E-state index is 0.143. The number of nitrogens with zero attached hydrogens (tertiary/aromatic N) is 5. The Hall–Kier alpha value is -3.42. The molecule has 0 radical (unpaired) electrons. The maximum Gasteiger partial charge on any atom is 0.224 e. The lowest BCUT2D eigenvalue weighted by molar-refractivity contribution is -0.129. The van der Waals surface area contributed by atoms with Crippen LogP contribution < -0.4 is 5.32 Å². The van der Waals surface area contributed by atoms with Crippen molar-refractivity contribution in [3.05, 3.63) is 43.1 Å². The van der Waals surface area contributed by atoms with E-state index in [-0.39, 0.29) is 11.9 Å². The topological polar surface area (TPSA) is 91.2 Å². The number of carbonyl (C=O) groups is 1. The number of fused-ring (bicyclic) bond motifs is 2. The number of aromatic amines is 1. The number of aromatic nitrogens is 5. The van der Waals surface area contributed by atoms with Crippen LogP contribution in [0.15, 0.2) is 43.1 Å². The van der Waals surface area contributed by atoms with E-state index in [1.54, 1.807) is 13.1 Å². The van der Waals surface area contributed by atoms with E-state index in [4.69, 9.17) is 0 Å². The van der Waals surface area contributed by atoms with Gasteiger partial charge in [0.15, 0.2) is 0 Å². The number of likely N-dealkylation sites (tertiary alicyclic amines) is 1. The molecule has 0 bridgehead atoms. The smallest absolute Gasteiger partial charge is 0.224 e. The van der Waals surface area contributed by atoms with E-state index in [2.05, 4.69) is 37.5 Å². The van der Waals surface area contributed by atoms with E-state index in [0.717, 1.165) is 53.7 Å². The van der Waals surface area contributed by atoms with Crippen molar-refractivity contribution in [1.82, 2.24) is 29.2 Å². The fraction of sp³-hybridized carbons (Fsp3) is 0.300. The van der Waals surface area contributed by atoms with Gasteiger partial charge in [0.2, 0.25) is 11.9 Å². The van der Waals surface area contributed by atoms with Crippen LogP contribution in [-0.2, 0) is 4.79 Å². The Morgan fingerprint density at radius 3 is 2.93 bits per heavy atom. The second-order valence-corrected chi connectivity index (χ2v) is 7.19. The van der Waals surface area contributed by atoms with Crippen LogP contribution in [-0.4, -0.2) is 54.3 Å². The number of hydrogen-bond acceptors (Lipinski definition) is 5. The SMILES string of the molecule is CC(=O)N1CCC(Nc2ncc3c(-c4ccc5nccn5c4)c[nH]c3n2)CC1. The molecule has 0 unspecified atom stereocenters. The van der Waals surface area contributed by atoms with Crippen molar-refractivity contribution in [3.63, 3.8) is 0 Å². The summed E-state index contributed by atoms with van der Waals surface area (Å²) in [5, 5.41) is 4.39. The van der Waals surface area contributed by atoms with Gasteiger partial charge in [-0.15, -0.1) is 0 Å². The molecule has 1 amide bonds. The zero-order chi connectivity index (χ0) is 19.1. The summed E-state index contributed by atoms with van der Waals surface area (Å²) in [6.07, 6.45) is 11.4. The van der Waals surface area contributed by atoms with Crippen LogP contribution in [0.3, 0.4) is 0 Å². The van der Waals surface area contributed by atoms with Crippen LogP contribution in [0.1, 0.15) is 19.8 Å². The van der Waals surface area contributed by atoms with Gasteiger partial charge in [0, 0.05) is 73.6 Å². The molecular weight excluding hydrogens is 354 g/mol. The van der Waals surface area contributed by atoms with E-state index in [0.29, 0.717) is 5.95 Å². The second-order valence-electron chi connectivity index (χ2n) is 7.19. The van der Waals surface area contributed by atoms with Crippen LogP contribution in [0.4, 0.5) is 5.95 Å². The standard InChI is InChI=1S/C20H21N7O/c1-13(28)26-7-4-15(5-8-26)24-20-23-11-17-16(10-22-19(17)25-20)14-2-3-18-21-6-9-27(18)12-14/h2-3,6,9-12,15H,4-5,7-8H2,1H3,(H2,22,23,24,25). The predicted octanol–water partition coefficient (Wildman–Crippen LogP) is 2.70. The van der Waals surface area contributed by atoms with Gasteiger partial charge in [0.1, 0.15) is 11.3 Å². The molecule has 1 fully saturated rings. The molecule has 0 spiro atoms. The van der Waals surface area contributed by atoms with E-state index in [1.807, 2.05) is 34.0 Å². The molecule has 142 valence electrons. The molecule has 4 aromatic rings. The molecule has 1 aliphatic rings. The first-order chi connectivity index (χ1) is 13.7. The summed E-state index contributed by atoms with van der Waals surface area (Å²) in [5.74, 6) is 0.760. The maximum absolute atomic E-state index is 11.5. The van der Waals surface area contributed by atoms with Crippen molar-refractivity contribution < 1.29 is 4.79 Å². The Bertz CT molecular complexity index is 1150. The third-order valence-electron chi connectivity index (χ3n) is 5.41. The zero-order valence-corrected chi connectivity index (χ0v) is 15.6. The van der Waals surface area contributed by atoms with Gasteiger partial charge in [0.25, 0.3) is 0 Å². The second kappa shape index (κ2) is 6.63. The predicted molar refractivity (Wildman–Crippen MR) is 107 cm³/mol. The van der Waals surface area contributed by atoms with Crippen molar-refractivity contribution in [3.8, 4) is 11.1 Å². The molecule has 5 rings (SSSR count). The summed E-state index contributed by atoms with van der Waals surface area (Å²) in [5.41, 5.74) is 3.87. The molecule has 0 aliphatic carbocycles. The molecule has 2 N–H and O–H groups in total. The Balaban J connectivity index is 1.37. The third-order valence-corrected chi connectivity index (χ3v) is 5.41. The number of piperidine rings is 1. The van der Waals surface area contributed by atoms with E-state index in [1.165, 1.54) is 0 Å². The minimum absolute atomic E-state index is 0.143. The molecule has 8 heteroatoms. The summed E-state index contributed by atoms with van der Waals surface area (Å²) in [7, 11) is 0. The number of hydrogen-bond donors (Lipinski definition) is 2. The molecule has 0 aromatic carbocycles. The first-order valence-electron chi connectivity index (χ1n) is 9.46. The van der Waals surface area contributed by atoms with E-state index >= 15 is 0 Å². The van der Waals surface area contributed by atoms with Gasteiger partial charge in [-0.1, -0.05) is 0 Å². The van der Waals surface area contributed by atoms with Crippen LogP contribution in [0.5, 0.6) is 0 Å². The van der Waals surface area contributed by atoms with E-state index in [9.17, 15) is 4.79 Å². The zero-order valence-electron chi connectivity index (χ0n) is 15.6. The van der Waals surface area contributed by atoms with Gasteiger partial charge >= 0.3 is 0 Å². The number of H-pyrrole nitrogens is 1. The van der Waals surface area contributed by atoms with Crippen LogP contribution in [0.25, 0.3) is 27.8 Å². The monoisotopic (exact) mass is 375 g/mol. The van der Waals surface area contributed by atoms with Crippen molar-refractivity contribution in [2.45, 2.75) is 25.8 Å². The van der Waals surface area contributed by atoms with Crippen LogP contribution in [0.2, 0.25) is 0 Å².